The number of hydrogen-bond donors (Lipinski definition) is 3. The Morgan fingerprint density at radius 1 is 1.32 bits per heavy atom. The predicted molar refractivity (Wildman–Crippen MR) is 115 cm³/mol. The highest BCUT2D eigenvalue weighted by molar-refractivity contribution is 5.82. The van der Waals surface area contributed by atoms with Gasteiger partial charge in [0.05, 0.1) is 30.0 Å². The molecule has 0 bridgehead atoms. The topological polar surface area (TPSA) is 108 Å². The van der Waals surface area contributed by atoms with Crippen molar-refractivity contribution in [3.05, 3.63) is 42.5 Å². The van der Waals surface area contributed by atoms with Gasteiger partial charge >= 0.3 is 0 Å². The first-order valence-corrected chi connectivity index (χ1v) is 10.5. The fourth-order valence-electron chi connectivity index (χ4n) is 4.50. The summed E-state index contributed by atoms with van der Waals surface area (Å²) in [6.45, 7) is 4.54. The third-order valence-corrected chi connectivity index (χ3v) is 5.90. The summed E-state index contributed by atoms with van der Waals surface area (Å²) in [5.74, 6) is 1.19. The van der Waals surface area contributed by atoms with E-state index < -0.39 is 0 Å². The van der Waals surface area contributed by atoms with Gasteiger partial charge in [0.1, 0.15) is 23.5 Å². The standard InChI is InChI=1S/C21H25FN8O/c1-13(27-20-18-19(24-11-23-18)25-12-26-20)21-28-16-5-4-14(22)9-17(16)30(21)15-3-2-6-29(10-15)7-8-31/h4-5,9,11-13,15,31H,2-3,6-8,10H2,1H3,(H2,23,24,25,26,27). The van der Waals surface area contributed by atoms with E-state index in [1.807, 2.05) is 6.92 Å². The maximum atomic E-state index is 14.1. The van der Waals surface area contributed by atoms with E-state index in [1.165, 1.54) is 12.4 Å². The Labute approximate surface area is 178 Å². The number of benzene rings is 1. The first-order chi connectivity index (χ1) is 15.1. The Balaban J connectivity index is 1.54. The average molecular weight is 424 g/mol. The summed E-state index contributed by atoms with van der Waals surface area (Å²) in [7, 11) is 0. The second kappa shape index (κ2) is 8.20. The molecule has 1 aliphatic heterocycles. The third kappa shape index (κ3) is 3.72. The summed E-state index contributed by atoms with van der Waals surface area (Å²) in [6.07, 6.45) is 5.05. The van der Waals surface area contributed by atoms with Gasteiger partial charge in [0.25, 0.3) is 0 Å². The second-order valence-corrected chi connectivity index (χ2v) is 7.98. The number of aliphatic hydroxyl groups is 1. The number of piperidine rings is 1. The number of halogens is 1. The monoisotopic (exact) mass is 424 g/mol. The van der Waals surface area contributed by atoms with Crippen molar-refractivity contribution in [1.82, 2.24) is 34.4 Å². The quantitative estimate of drug-likeness (QED) is 0.437. The predicted octanol–water partition coefficient (Wildman–Crippen LogP) is 2.64. The number of aliphatic hydroxyl groups excluding tert-OH is 1. The molecular weight excluding hydrogens is 399 g/mol. The fourth-order valence-corrected chi connectivity index (χ4v) is 4.50. The van der Waals surface area contributed by atoms with Gasteiger partial charge in [-0.25, -0.2) is 24.3 Å². The number of nitrogens with zero attached hydrogens (tertiary/aromatic N) is 6. The summed E-state index contributed by atoms with van der Waals surface area (Å²) in [5.41, 5.74) is 2.87. The number of imidazole rings is 2. The molecule has 2 unspecified atom stereocenters. The Bertz CT molecular complexity index is 1200. The minimum atomic E-state index is -0.279. The Morgan fingerprint density at radius 3 is 3.10 bits per heavy atom. The van der Waals surface area contributed by atoms with Crippen LogP contribution in [-0.4, -0.2) is 65.7 Å². The lowest BCUT2D eigenvalue weighted by atomic mass is 10.0. The van der Waals surface area contributed by atoms with Crippen LogP contribution in [0.2, 0.25) is 0 Å². The van der Waals surface area contributed by atoms with Crippen molar-refractivity contribution in [3.8, 4) is 0 Å². The molecule has 1 fully saturated rings. The highest BCUT2D eigenvalue weighted by Crippen LogP contribution is 2.32. The van der Waals surface area contributed by atoms with Crippen LogP contribution >= 0.6 is 0 Å². The van der Waals surface area contributed by atoms with Gasteiger partial charge in [-0.15, -0.1) is 0 Å². The molecule has 0 saturated carbocycles. The van der Waals surface area contributed by atoms with Crippen molar-refractivity contribution in [2.45, 2.75) is 31.8 Å². The van der Waals surface area contributed by atoms with E-state index in [-0.39, 0.29) is 24.5 Å². The van der Waals surface area contributed by atoms with E-state index in [2.05, 4.69) is 34.7 Å². The summed E-state index contributed by atoms with van der Waals surface area (Å²) in [6, 6.07) is 4.68. The van der Waals surface area contributed by atoms with Crippen molar-refractivity contribution in [2.75, 3.05) is 31.6 Å². The number of rotatable bonds is 6. The number of fused-ring (bicyclic) bond motifs is 2. The van der Waals surface area contributed by atoms with Gasteiger partial charge in [-0.2, -0.15) is 0 Å². The van der Waals surface area contributed by atoms with Crippen LogP contribution in [0.3, 0.4) is 0 Å². The summed E-state index contributed by atoms with van der Waals surface area (Å²) >= 11 is 0. The van der Waals surface area contributed by atoms with Gasteiger partial charge in [0, 0.05) is 19.1 Å². The minimum absolute atomic E-state index is 0.130. The number of hydrogen-bond acceptors (Lipinski definition) is 7. The van der Waals surface area contributed by atoms with E-state index in [4.69, 9.17) is 4.98 Å². The van der Waals surface area contributed by atoms with Crippen LogP contribution in [-0.2, 0) is 0 Å². The lowest BCUT2D eigenvalue weighted by Gasteiger charge is -2.34. The summed E-state index contributed by atoms with van der Waals surface area (Å²) in [4.78, 5) is 22.9. The number of H-pyrrole nitrogens is 1. The highest BCUT2D eigenvalue weighted by atomic mass is 19.1. The van der Waals surface area contributed by atoms with Crippen molar-refractivity contribution >= 4 is 28.0 Å². The number of aromatic nitrogens is 6. The highest BCUT2D eigenvalue weighted by Gasteiger charge is 2.27. The van der Waals surface area contributed by atoms with Crippen molar-refractivity contribution < 1.29 is 9.50 Å². The molecule has 31 heavy (non-hydrogen) atoms. The van der Waals surface area contributed by atoms with Gasteiger partial charge in [0.15, 0.2) is 11.5 Å². The maximum absolute atomic E-state index is 14.1. The number of aromatic amines is 1. The number of likely N-dealkylation sites (tertiary alicyclic amines) is 1. The largest absolute Gasteiger partial charge is 0.395 e. The third-order valence-electron chi connectivity index (χ3n) is 5.90. The van der Waals surface area contributed by atoms with Crippen LogP contribution < -0.4 is 5.32 Å². The molecule has 3 aromatic heterocycles. The van der Waals surface area contributed by atoms with Crippen LogP contribution in [0.4, 0.5) is 10.2 Å². The van der Waals surface area contributed by atoms with Crippen molar-refractivity contribution in [1.29, 1.82) is 0 Å². The molecule has 1 saturated heterocycles. The van der Waals surface area contributed by atoms with Crippen LogP contribution in [0.25, 0.3) is 22.2 Å². The first kappa shape index (κ1) is 19.8. The summed E-state index contributed by atoms with van der Waals surface area (Å²) < 4.78 is 16.3. The minimum Gasteiger partial charge on any atom is -0.395 e. The molecule has 5 rings (SSSR count). The second-order valence-electron chi connectivity index (χ2n) is 7.98. The normalized spacial score (nSPS) is 18.6. The van der Waals surface area contributed by atoms with E-state index >= 15 is 0 Å². The van der Waals surface area contributed by atoms with Gasteiger partial charge in [-0.05, 0) is 44.5 Å². The molecule has 9 nitrogen and oxygen atoms in total. The van der Waals surface area contributed by atoms with Gasteiger partial charge in [0.2, 0.25) is 0 Å². The lowest BCUT2D eigenvalue weighted by Crippen LogP contribution is -2.38. The van der Waals surface area contributed by atoms with Crippen molar-refractivity contribution in [3.63, 3.8) is 0 Å². The van der Waals surface area contributed by atoms with E-state index in [9.17, 15) is 9.50 Å². The molecule has 4 heterocycles. The van der Waals surface area contributed by atoms with E-state index in [0.29, 0.717) is 18.0 Å². The molecule has 0 aliphatic carbocycles. The fraction of sp³-hybridized carbons (Fsp3) is 0.429. The zero-order chi connectivity index (χ0) is 21.4. The number of anilines is 1. The lowest BCUT2D eigenvalue weighted by molar-refractivity contribution is 0.142. The maximum Gasteiger partial charge on any atom is 0.182 e. The number of nitrogens with one attached hydrogen (secondary N) is 2. The molecule has 162 valence electrons. The molecule has 0 amide bonds. The van der Waals surface area contributed by atoms with E-state index in [0.717, 1.165) is 48.3 Å². The molecule has 4 aromatic rings. The van der Waals surface area contributed by atoms with E-state index in [1.54, 1.807) is 18.5 Å². The molecule has 3 N–H and O–H groups in total. The molecule has 0 spiro atoms. The van der Waals surface area contributed by atoms with Gasteiger partial charge < -0.3 is 20.0 Å². The smallest absolute Gasteiger partial charge is 0.182 e. The molecule has 10 heteroatoms. The molecule has 2 atom stereocenters. The molecule has 1 aliphatic rings. The first-order valence-electron chi connectivity index (χ1n) is 10.5. The van der Waals surface area contributed by atoms with Crippen LogP contribution in [0.5, 0.6) is 0 Å². The average Bonchev–Trinajstić information content (AvgIpc) is 3.39. The Morgan fingerprint density at radius 2 is 2.23 bits per heavy atom. The summed E-state index contributed by atoms with van der Waals surface area (Å²) in [5, 5.41) is 12.8. The van der Waals surface area contributed by atoms with Crippen LogP contribution in [0.1, 0.15) is 37.7 Å². The van der Waals surface area contributed by atoms with Gasteiger partial charge in [-0.3, -0.25) is 4.90 Å². The van der Waals surface area contributed by atoms with Crippen LogP contribution in [0.15, 0.2) is 30.9 Å². The number of β-amino-alcohol motifs (C(OH)–C–C–N with tert-alkyl or cyclic N) is 1. The van der Waals surface area contributed by atoms with Crippen molar-refractivity contribution in [2.24, 2.45) is 0 Å². The zero-order valence-electron chi connectivity index (χ0n) is 17.3. The van der Waals surface area contributed by atoms with Gasteiger partial charge in [-0.1, -0.05) is 0 Å². The zero-order valence-corrected chi connectivity index (χ0v) is 17.3. The Hall–Kier alpha value is -3.11. The van der Waals surface area contributed by atoms with Crippen LogP contribution in [0, 0.1) is 5.82 Å². The Kier molecular flexibility index (Phi) is 5.24. The molecular formula is C21H25FN8O. The molecule has 1 aromatic carbocycles. The molecule has 0 radical (unpaired) electrons. The SMILES string of the molecule is CC(Nc1ncnc2nc[nH]c12)c1nc2ccc(F)cc2n1C1CCCN(CCO)C1.